The molecule has 1 aromatic heterocycles. The highest BCUT2D eigenvalue weighted by atomic mass is 19.1. The highest BCUT2D eigenvalue weighted by molar-refractivity contribution is 5.98. The molecule has 1 amide bonds. The van der Waals surface area contributed by atoms with Crippen LogP contribution in [0.2, 0.25) is 0 Å². The lowest BCUT2D eigenvalue weighted by molar-refractivity contribution is 0.0780. The largest absolute Gasteiger partial charge is 0.372 e. The summed E-state index contributed by atoms with van der Waals surface area (Å²) >= 11 is 0. The second-order valence-corrected chi connectivity index (χ2v) is 5.74. The number of nitrogens with one attached hydrogen (secondary N) is 1. The number of pyridine rings is 1. The summed E-state index contributed by atoms with van der Waals surface area (Å²) in [6.45, 7) is 3.74. The summed E-state index contributed by atoms with van der Waals surface area (Å²) in [5.41, 5.74) is 0.319. The van der Waals surface area contributed by atoms with E-state index in [1.165, 1.54) is 18.9 Å². The molecule has 2 fully saturated rings. The molecule has 3 rings (SSSR count). The number of nitrogens with zero attached hydrogens (tertiary/aromatic N) is 3. The third kappa shape index (κ3) is 2.85. The van der Waals surface area contributed by atoms with Gasteiger partial charge in [-0.15, -0.1) is 0 Å². The highest BCUT2D eigenvalue weighted by Gasteiger charge is 2.32. The molecule has 5 nitrogen and oxygen atoms in total. The number of carbonyl (C=O) groups excluding carboxylic acids is 1. The van der Waals surface area contributed by atoms with Crippen LogP contribution in [0.15, 0.2) is 12.3 Å². The van der Waals surface area contributed by atoms with Crippen LogP contribution in [0.3, 0.4) is 0 Å². The molecule has 0 saturated carbocycles. The smallest absolute Gasteiger partial charge is 0.257 e. The van der Waals surface area contributed by atoms with E-state index in [9.17, 15) is 9.18 Å². The van der Waals surface area contributed by atoms with Gasteiger partial charge in [0.15, 0.2) is 0 Å². The Balaban J connectivity index is 1.72. The number of likely N-dealkylation sites (tertiary alicyclic amines) is 2. The summed E-state index contributed by atoms with van der Waals surface area (Å²) < 4.78 is 13.4. The average Bonchev–Trinajstić information content (AvgIpc) is 3.17. The second kappa shape index (κ2) is 5.97. The van der Waals surface area contributed by atoms with Crippen LogP contribution in [0.4, 0.5) is 10.2 Å². The number of anilines is 1. The summed E-state index contributed by atoms with van der Waals surface area (Å²) in [7, 11) is 1.69. The van der Waals surface area contributed by atoms with Gasteiger partial charge in [-0.2, -0.15) is 0 Å². The van der Waals surface area contributed by atoms with Crippen LogP contribution in [0.25, 0.3) is 0 Å². The number of rotatable bonds is 3. The van der Waals surface area contributed by atoms with Crippen LogP contribution in [-0.4, -0.2) is 60.0 Å². The van der Waals surface area contributed by atoms with Crippen LogP contribution in [0, 0.1) is 5.82 Å². The Morgan fingerprint density at radius 1 is 1.38 bits per heavy atom. The van der Waals surface area contributed by atoms with Crippen molar-refractivity contribution in [3.8, 4) is 0 Å². The number of halogens is 1. The van der Waals surface area contributed by atoms with Crippen molar-refractivity contribution in [3.05, 3.63) is 23.6 Å². The van der Waals surface area contributed by atoms with Gasteiger partial charge in [0.2, 0.25) is 0 Å². The maximum atomic E-state index is 13.4. The van der Waals surface area contributed by atoms with Crippen molar-refractivity contribution in [3.63, 3.8) is 0 Å². The Labute approximate surface area is 124 Å². The highest BCUT2D eigenvalue weighted by Crippen LogP contribution is 2.23. The molecule has 3 heterocycles. The molecule has 2 saturated heterocycles. The van der Waals surface area contributed by atoms with Gasteiger partial charge in [-0.3, -0.25) is 9.69 Å². The van der Waals surface area contributed by atoms with Crippen LogP contribution in [-0.2, 0) is 0 Å². The SMILES string of the molecule is CNc1ncc(F)cc1C(=O)N1CCC(N2CCCC2)C1. The maximum absolute atomic E-state index is 13.4. The first kappa shape index (κ1) is 14.3. The zero-order chi connectivity index (χ0) is 14.8. The molecule has 1 atom stereocenters. The lowest BCUT2D eigenvalue weighted by atomic mass is 10.2. The molecule has 21 heavy (non-hydrogen) atoms. The van der Waals surface area contributed by atoms with Gasteiger partial charge in [-0.25, -0.2) is 9.37 Å². The fraction of sp³-hybridized carbons (Fsp3) is 0.600. The van der Waals surface area contributed by atoms with E-state index in [-0.39, 0.29) is 5.91 Å². The van der Waals surface area contributed by atoms with E-state index in [4.69, 9.17) is 0 Å². The minimum atomic E-state index is -0.479. The van der Waals surface area contributed by atoms with Crippen LogP contribution in [0.5, 0.6) is 0 Å². The quantitative estimate of drug-likeness (QED) is 0.919. The number of carbonyl (C=O) groups is 1. The number of amides is 1. The van der Waals surface area contributed by atoms with Gasteiger partial charge in [0.25, 0.3) is 5.91 Å². The fourth-order valence-corrected chi connectivity index (χ4v) is 3.30. The number of hydrogen-bond donors (Lipinski definition) is 1. The molecule has 0 spiro atoms. The maximum Gasteiger partial charge on any atom is 0.257 e. The van der Waals surface area contributed by atoms with E-state index in [1.54, 1.807) is 7.05 Å². The van der Waals surface area contributed by atoms with E-state index in [1.807, 2.05) is 4.90 Å². The minimum absolute atomic E-state index is 0.131. The van der Waals surface area contributed by atoms with Crippen molar-refractivity contribution in [2.45, 2.75) is 25.3 Å². The molecular weight excluding hydrogens is 271 g/mol. The third-order valence-electron chi connectivity index (χ3n) is 4.43. The van der Waals surface area contributed by atoms with Crippen LogP contribution in [0.1, 0.15) is 29.6 Å². The van der Waals surface area contributed by atoms with E-state index >= 15 is 0 Å². The van der Waals surface area contributed by atoms with E-state index in [2.05, 4.69) is 15.2 Å². The number of aromatic nitrogens is 1. The molecule has 114 valence electrons. The first-order valence-corrected chi connectivity index (χ1v) is 7.55. The van der Waals surface area contributed by atoms with Gasteiger partial charge in [0.1, 0.15) is 11.6 Å². The topological polar surface area (TPSA) is 48.5 Å². The van der Waals surface area contributed by atoms with Gasteiger partial charge in [0, 0.05) is 26.2 Å². The Morgan fingerprint density at radius 3 is 2.86 bits per heavy atom. The Bertz CT molecular complexity index is 530. The normalized spacial score (nSPS) is 22.8. The lowest BCUT2D eigenvalue weighted by Gasteiger charge is -2.24. The summed E-state index contributed by atoms with van der Waals surface area (Å²) in [5.74, 6) is -0.174. The minimum Gasteiger partial charge on any atom is -0.372 e. The van der Waals surface area contributed by atoms with Gasteiger partial charge in [0.05, 0.1) is 11.8 Å². The second-order valence-electron chi connectivity index (χ2n) is 5.74. The zero-order valence-corrected chi connectivity index (χ0v) is 12.3. The molecule has 1 unspecified atom stereocenters. The van der Waals surface area contributed by atoms with Crippen molar-refractivity contribution < 1.29 is 9.18 Å². The van der Waals surface area contributed by atoms with Gasteiger partial charge in [-0.05, 0) is 38.4 Å². The summed E-state index contributed by atoms with van der Waals surface area (Å²) in [6.07, 6.45) is 4.63. The molecule has 0 radical (unpaired) electrons. The molecule has 2 aliphatic rings. The first-order valence-electron chi connectivity index (χ1n) is 7.55. The van der Waals surface area contributed by atoms with Crippen molar-refractivity contribution in [1.29, 1.82) is 0 Å². The molecule has 0 aliphatic carbocycles. The Kier molecular flexibility index (Phi) is 4.05. The molecular formula is C15H21FN4O. The Hall–Kier alpha value is -1.69. The summed E-state index contributed by atoms with van der Waals surface area (Å²) in [6, 6.07) is 1.72. The Morgan fingerprint density at radius 2 is 2.14 bits per heavy atom. The third-order valence-corrected chi connectivity index (χ3v) is 4.43. The molecule has 2 aliphatic heterocycles. The van der Waals surface area contributed by atoms with Crippen molar-refractivity contribution in [2.75, 3.05) is 38.5 Å². The summed E-state index contributed by atoms with van der Waals surface area (Å²) in [5, 5.41) is 2.86. The van der Waals surface area contributed by atoms with Crippen molar-refractivity contribution in [1.82, 2.24) is 14.8 Å². The van der Waals surface area contributed by atoms with Crippen molar-refractivity contribution >= 4 is 11.7 Å². The van der Waals surface area contributed by atoms with Crippen LogP contribution < -0.4 is 5.32 Å². The lowest BCUT2D eigenvalue weighted by Crippen LogP contribution is -2.37. The predicted molar refractivity (Wildman–Crippen MR) is 78.9 cm³/mol. The van der Waals surface area contributed by atoms with Crippen molar-refractivity contribution in [2.24, 2.45) is 0 Å². The molecule has 0 aromatic carbocycles. The van der Waals surface area contributed by atoms with E-state index in [0.717, 1.165) is 38.8 Å². The van der Waals surface area contributed by atoms with Gasteiger partial charge < -0.3 is 10.2 Å². The first-order chi connectivity index (χ1) is 10.2. The number of hydrogen-bond acceptors (Lipinski definition) is 4. The summed E-state index contributed by atoms with van der Waals surface area (Å²) in [4.78, 5) is 20.8. The molecule has 6 heteroatoms. The molecule has 0 bridgehead atoms. The van der Waals surface area contributed by atoms with Crippen LogP contribution >= 0.6 is 0 Å². The van der Waals surface area contributed by atoms with Gasteiger partial charge >= 0.3 is 0 Å². The van der Waals surface area contributed by atoms with E-state index in [0.29, 0.717) is 17.4 Å². The average molecular weight is 292 g/mol. The molecule has 1 N–H and O–H groups in total. The zero-order valence-electron chi connectivity index (χ0n) is 12.3. The predicted octanol–water partition coefficient (Wildman–Crippen LogP) is 1.57. The molecule has 1 aromatic rings. The van der Waals surface area contributed by atoms with E-state index < -0.39 is 5.82 Å². The standard InChI is InChI=1S/C15H21FN4O/c1-17-14-13(8-11(16)9-18-14)15(21)20-7-4-12(10-20)19-5-2-3-6-19/h8-9,12H,2-7,10H2,1H3,(H,17,18). The fourth-order valence-electron chi connectivity index (χ4n) is 3.30. The van der Waals surface area contributed by atoms with Gasteiger partial charge in [-0.1, -0.05) is 0 Å². The monoisotopic (exact) mass is 292 g/mol.